The van der Waals surface area contributed by atoms with E-state index in [9.17, 15) is 26.4 Å². The summed E-state index contributed by atoms with van der Waals surface area (Å²) in [5, 5.41) is 2.93. The summed E-state index contributed by atoms with van der Waals surface area (Å²) in [6.07, 6.45) is -0.821. The fourth-order valence-electron chi connectivity index (χ4n) is 4.72. The molecule has 35 heavy (non-hydrogen) atoms. The molecule has 0 spiro atoms. The SMILES string of the molecule is CN1CCCCC1C(NC(=O)c1ccc(S(=O)(=O)N(C)C2CC2)c(C(F)(F)F)c1)c1ccccc1. The van der Waals surface area contributed by atoms with E-state index in [1.807, 2.05) is 37.4 Å². The molecule has 0 aromatic heterocycles. The van der Waals surface area contributed by atoms with Gasteiger partial charge in [0.05, 0.1) is 16.5 Å². The number of alkyl halides is 3. The summed E-state index contributed by atoms with van der Waals surface area (Å²) in [5.74, 6) is -0.678. The second-order valence-corrected chi connectivity index (χ2v) is 11.3. The zero-order valence-electron chi connectivity index (χ0n) is 19.8. The molecule has 1 saturated carbocycles. The largest absolute Gasteiger partial charge is 0.417 e. The zero-order chi connectivity index (χ0) is 25.4. The maximum absolute atomic E-state index is 14.0. The number of nitrogens with one attached hydrogen (secondary N) is 1. The van der Waals surface area contributed by atoms with Crippen molar-refractivity contribution in [1.29, 1.82) is 0 Å². The lowest BCUT2D eigenvalue weighted by Gasteiger charge is -2.38. The van der Waals surface area contributed by atoms with Gasteiger partial charge < -0.3 is 10.2 Å². The average Bonchev–Trinajstić information content (AvgIpc) is 3.67. The number of piperidine rings is 1. The van der Waals surface area contributed by atoms with E-state index in [0.29, 0.717) is 18.9 Å². The van der Waals surface area contributed by atoms with Gasteiger partial charge in [-0.2, -0.15) is 17.5 Å². The van der Waals surface area contributed by atoms with Crippen molar-refractivity contribution in [2.75, 3.05) is 20.6 Å². The number of hydrogen-bond donors (Lipinski definition) is 1. The van der Waals surface area contributed by atoms with Crippen molar-refractivity contribution in [2.24, 2.45) is 0 Å². The van der Waals surface area contributed by atoms with Crippen LogP contribution in [0, 0.1) is 0 Å². The first-order chi connectivity index (χ1) is 16.5. The van der Waals surface area contributed by atoms with Crippen LogP contribution in [0.15, 0.2) is 53.4 Å². The third-order valence-corrected chi connectivity index (χ3v) is 8.89. The molecule has 6 nitrogen and oxygen atoms in total. The Hall–Kier alpha value is -2.43. The predicted molar refractivity (Wildman–Crippen MR) is 126 cm³/mol. The Morgan fingerprint density at radius 3 is 2.37 bits per heavy atom. The normalized spacial score (nSPS) is 20.6. The minimum atomic E-state index is -4.94. The van der Waals surface area contributed by atoms with Crippen molar-refractivity contribution in [3.05, 3.63) is 65.2 Å². The van der Waals surface area contributed by atoms with E-state index in [4.69, 9.17) is 0 Å². The van der Waals surface area contributed by atoms with Crippen molar-refractivity contribution in [3.8, 4) is 0 Å². The molecule has 2 aliphatic rings. The van der Waals surface area contributed by atoms with E-state index < -0.39 is 38.6 Å². The molecular formula is C25H30F3N3O3S. The minimum Gasteiger partial charge on any atom is -0.344 e. The van der Waals surface area contributed by atoms with Crippen molar-refractivity contribution in [1.82, 2.24) is 14.5 Å². The smallest absolute Gasteiger partial charge is 0.344 e. The molecule has 2 unspecified atom stereocenters. The first kappa shape index (κ1) is 25.7. The van der Waals surface area contributed by atoms with E-state index in [-0.39, 0.29) is 17.6 Å². The molecular weight excluding hydrogens is 479 g/mol. The van der Waals surface area contributed by atoms with Crippen molar-refractivity contribution in [2.45, 2.75) is 61.3 Å². The molecule has 2 atom stereocenters. The molecule has 2 fully saturated rings. The van der Waals surface area contributed by atoms with Gasteiger partial charge in [0, 0.05) is 24.7 Å². The molecule has 4 rings (SSSR count). The Kier molecular flexibility index (Phi) is 7.26. The number of rotatable bonds is 7. The summed E-state index contributed by atoms with van der Waals surface area (Å²) in [7, 11) is -1.08. The summed E-state index contributed by atoms with van der Waals surface area (Å²) >= 11 is 0. The Balaban J connectivity index is 1.67. The predicted octanol–water partition coefficient (Wildman–Crippen LogP) is 4.44. The van der Waals surface area contributed by atoms with Gasteiger partial charge in [0.15, 0.2) is 0 Å². The highest BCUT2D eigenvalue weighted by Gasteiger charge is 2.42. The molecule has 1 aliphatic heterocycles. The molecule has 2 aromatic carbocycles. The van der Waals surface area contributed by atoms with E-state index in [1.165, 1.54) is 7.05 Å². The Morgan fingerprint density at radius 2 is 1.77 bits per heavy atom. The van der Waals surface area contributed by atoms with Gasteiger partial charge in [0.2, 0.25) is 10.0 Å². The summed E-state index contributed by atoms with van der Waals surface area (Å²) in [4.78, 5) is 14.5. The minimum absolute atomic E-state index is 0.0102. The third-order valence-electron chi connectivity index (χ3n) is 6.92. The van der Waals surface area contributed by atoms with Crippen LogP contribution in [0.3, 0.4) is 0 Å². The monoisotopic (exact) mass is 509 g/mol. The van der Waals surface area contributed by atoms with Gasteiger partial charge in [-0.25, -0.2) is 8.42 Å². The number of likely N-dealkylation sites (tertiary alicyclic amines) is 1. The van der Waals surface area contributed by atoms with Crippen LogP contribution in [0.1, 0.15) is 59.6 Å². The van der Waals surface area contributed by atoms with Gasteiger partial charge >= 0.3 is 6.18 Å². The van der Waals surface area contributed by atoms with Gasteiger partial charge in [-0.15, -0.1) is 0 Å². The van der Waals surface area contributed by atoms with Crippen LogP contribution in [-0.4, -0.2) is 56.3 Å². The molecule has 1 saturated heterocycles. The van der Waals surface area contributed by atoms with Gasteiger partial charge in [-0.1, -0.05) is 36.8 Å². The summed E-state index contributed by atoms with van der Waals surface area (Å²) in [5.41, 5.74) is -0.700. The Labute approximate surface area is 204 Å². The fourth-order valence-corrected chi connectivity index (χ4v) is 6.32. The molecule has 1 amide bonds. The van der Waals surface area contributed by atoms with Gasteiger partial charge in [-0.3, -0.25) is 4.79 Å². The van der Waals surface area contributed by atoms with Crippen LogP contribution in [0.5, 0.6) is 0 Å². The molecule has 1 N–H and O–H groups in total. The topological polar surface area (TPSA) is 69.7 Å². The second-order valence-electron chi connectivity index (χ2n) is 9.37. The zero-order valence-corrected chi connectivity index (χ0v) is 20.6. The Bertz CT molecular complexity index is 1170. The number of benzene rings is 2. The molecule has 0 bridgehead atoms. The maximum Gasteiger partial charge on any atom is 0.417 e. The highest BCUT2D eigenvalue weighted by Crippen LogP contribution is 2.38. The number of sulfonamides is 1. The quantitative estimate of drug-likeness (QED) is 0.599. The van der Waals surface area contributed by atoms with E-state index in [2.05, 4.69) is 10.2 Å². The number of carbonyl (C=O) groups excluding carboxylic acids is 1. The van der Waals surface area contributed by atoms with E-state index in [1.54, 1.807) is 0 Å². The van der Waals surface area contributed by atoms with E-state index in [0.717, 1.165) is 47.8 Å². The Morgan fingerprint density at radius 1 is 1.09 bits per heavy atom. The van der Waals surface area contributed by atoms with Crippen LogP contribution in [0.4, 0.5) is 13.2 Å². The van der Waals surface area contributed by atoms with Crippen molar-refractivity contribution < 1.29 is 26.4 Å². The van der Waals surface area contributed by atoms with Gasteiger partial charge in [0.1, 0.15) is 0 Å². The van der Waals surface area contributed by atoms with E-state index >= 15 is 0 Å². The van der Waals surface area contributed by atoms with Crippen LogP contribution in [-0.2, 0) is 16.2 Å². The first-order valence-corrected chi connectivity index (χ1v) is 13.2. The molecule has 190 valence electrons. The number of likely N-dealkylation sites (N-methyl/N-ethyl adjacent to an activating group) is 1. The summed E-state index contributed by atoms with van der Waals surface area (Å²) < 4.78 is 68.6. The summed E-state index contributed by atoms with van der Waals surface area (Å²) in [6.45, 7) is 0.864. The number of halogens is 3. The molecule has 10 heteroatoms. The molecule has 2 aromatic rings. The lowest BCUT2D eigenvalue weighted by Crippen LogP contribution is -2.47. The average molecular weight is 510 g/mol. The van der Waals surface area contributed by atoms with Crippen LogP contribution < -0.4 is 5.32 Å². The second kappa shape index (κ2) is 9.91. The first-order valence-electron chi connectivity index (χ1n) is 11.8. The third kappa shape index (κ3) is 5.54. The van der Waals surface area contributed by atoms with Gasteiger partial charge in [0.25, 0.3) is 5.91 Å². The number of hydrogen-bond acceptors (Lipinski definition) is 4. The lowest BCUT2D eigenvalue weighted by molar-refractivity contribution is -0.139. The number of amides is 1. The highest BCUT2D eigenvalue weighted by atomic mass is 32.2. The fraction of sp³-hybridized carbons (Fsp3) is 0.480. The molecule has 1 heterocycles. The van der Waals surface area contributed by atoms with Gasteiger partial charge in [-0.05, 0) is 63.0 Å². The number of nitrogens with zero attached hydrogens (tertiary/aromatic N) is 2. The maximum atomic E-state index is 14.0. The lowest BCUT2D eigenvalue weighted by atomic mass is 9.91. The van der Waals surface area contributed by atoms with Crippen LogP contribution in [0.2, 0.25) is 0 Å². The molecule has 1 aliphatic carbocycles. The van der Waals surface area contributed by atoms with Crippen molar-refractivity contribution >= 4 is 15.9 Å². The number of carbonyl (C=O) groups is 1. The summed E-state index contributed by atoms with van der Waals surface area (Å²) in [6, 6.07) is 11.3. The van der Waals surface area contributed by atoms with Crippen molar-refractivity contribution in [3.63, 3.8) is 0 Å². The standard InChI is InChI=1S/C25H30F3N3O3S/c1-30-15-7-6-10-21(30)23(17-8-4-3-5-9-17)29-24(32)18-11-14-22(20(16-18)25(26,27)28)35(33,34)31(2)19-12-13-19/h3-5,8-9,11,14,16,19,21,23H,6-7,10,12-13,15H2,1-2H3,(H,29,32). The van der Waals surface area contributed by atoms with Crippen LogP contribution in [0.25, 0.3) is 0 Å². The molecule has 0 radical (unpaired) electrons. The van der Waals surface area contributed by atoms with Crippen LogP contribution >= 0.6 is 0 Å². The highest BCUT2D eigenvalue weighted by molar-refractivity contribution is 7.89.